The van der Waals surface area contributed by atoms with Gasteiger partial charge in [0.25, 0.3) is 0 Å². The van der Waals surface area contributed by atoms with Gasteiger partial charge in [0.05, 0.1) is 16.0 Å². The molecule has 1 amide bonds. The van der Waals surface area contributed by atoms with Crippen LogP contribution in [0.5, 0.6) is 0 Å². The molecule has 0 atom stereocenters. The predicted octanol–water partition coefficient (Wildman–Crippen LogP) is 4.00. The Morgan fingerprint density at radius 2 is 2.15 bits per heavy atom. The molecule has 136 valence electrons. The third-order valence-electron chi connectivity index (χ3n) is 4.72. The van der Waals surface area contributed by atoms with Gasteiger partial charge in [-0.3, -0.25) is 14.6 Å². The van der Waals surface area contributed by atoms with Gasteiger partial charge in [-0.15, -0.1) is 11.3 Å². The number of fused-ring (bicyclic) bond motifs is 2. The molecule has 1 aliphatic rings. The monoisotopic (exact) mass is 379 g/mol. The molecule has 3 aromatic rings. The molecule has 1 aromatic carbocycles. The molecule has 0 saturated heterocycles. The van der Waals surface area contributed by atoms with E-state index < -0.39 is 0 Å². The molecular weight excluding hydrogens is 362 g/mol. The van der Waals surface area contributed by atoms with Gasteiger partial charge < -0.3 is 10.5 Å². The second-order valence-corrected chi connectivity index (χ2v) is 7.38. The van der Waals surface area contributed by atoms with Gasteiger partial charge in [0.1, 0.15) is 5.00 Å². The molecule has 0 bridgehead atoms. The first-order valence-electron chi connectivity index (χ1n) is 8.67. The first kappa shape index (κ1) is 17.4. The Hall–Kier alpha value is -3.06. The van der Waals surface area contributed by atoms with E-state index in [0.29, 0.717) is 34.7 Å². The van der Waals surface area contributed by atoms with Gasteiger partial charge in [-0.05, 0) is 30.5 Å². The summed E-state index contributed by atoms with van der Waals surface area (Å²) in [5, 5.41) is 16.6. The number of rotatable bonds is 4. The van der Waals surface area contributed by atoms with Crippen LogP contribution in [0.3, 0.4) is 0 Å². The first-order valence-corrected chi connectivity index (χ1v) is 9.49. The van der Waals surface area contributed by atoms with Crippen molar-refractivity contribution in [1.29, 1.82) is 0 Å². The minimum absolute atomic E-state index is 0.138. The van der Waals surface area contributed by atoms with Crippen LogP contribution >= 0.6 is 11.3 Å². The van der Waals surface area contributed by atoms with Crippen LogP contribution in [0.4, 0.5) is 5.00 Å². The van der Waals surface area contributed by atoms with Crippen LogP contribution in [0.15, 0.2) is 41.8 Å². The van der Waals surface area contributed by atoms with Gasteiger partial charge in [-0.25, -0.2) is 0 Å². The Labute approximate surface area is 159 Å². The van der Waals surface area contributed by atoms with E-state index in [-0.39, 0.29) is 11.7 Å². The van der Waals surface area contributed by atoms with Crippen molar-refractivity contribution in [3.8, 4) is 0 Å². The molecule has 6 nitrogen and oxygen atoms in total. The molecule has 2 aromatic heterocycles. The summed E-state index contributed by atoms with van der Waals surface area (Å²) in [6, 6.07) is 7.22. The number of nitrogens with one attached hydrogen (secondary N) is 1. The molecule has 0 unspecified atom stereocenters. The smallest absolute Gasteiger partial charge is 0.224 e. The highest BCUT2D eigenvalue weighted by atomic mass is 32.1. The van der Waals surface area contributed by atoms with Gasteiger partial charge in [0.15, 0.2) is 5.78 Å². The first-order chi connectivity index (χ1) is 13.1. The molecule has 2 heterocycles. The topological polar surface area (TPSA) is 91.7 Å². The summed E-state index contributed by atoms with van der Waals surface area (Å²) in [4.78, 5) is 29.4. The van der Waals surface area contributed by atoms with Gasteiger partial charge in [-0.2, -0.15) is 0 Å². The lowest BCUT2D eigenvalue weighted by atomic mass is 9.98. The number of ketones is 1. The van der Waals surface area contributed by atoms with E-state index >= 15 is 0 Å². The van der Waals surface area contributed by atoms with Crippen molar-refractivity contribution in [2.75, 3.05) is 5.32 Å². The molecule has 0 aliphatic heterocycles. The van der Waals surface area contributed by atoms with Crippen LogP contribution in [0.2, 0.25) is 0 Å². The Kier molecular flexibility index (Phi) is 4.45. The lowest BCUT2D eigenvalue weighted by Gasteiger charge is -2.07. The SMILES string of the molecule is CCC(=O)Nc1sc2cnccc2c1C(=O)c1ccc2c(c1)CC/C2=N\O. The molecule has 7 heteroatoms. The van der Waals surface area contributed by atoms with E-state index in [1.54, 1.807) is 31.5 Å². The fourth-order valence-corrected chi connectivity index (χ4v) is 4.42. The number of carbonyl (C=O) groups excluding carboxylic acids is 2. The second-order valence-electron chi connectivity index (χ2n) is 6.33. The number of aryl methyl sites for hydroxylation is 1. The van der Waals surface area contributed by atoms with Crippen LogP contribution in [0, 0.1) is 0 Å². The largest absolute Gasteiger partial charge is 0.411 e. The van der Waals surface area contributed by atoms with Gasteiger partial charge in [-0.1, -0.05) is 24.2 Å². The zero-order chi connectivity index (χ0) is 19.0. The number of anilines is 1. The Morgan fingerprint density at radius 3 is 2.93 bits per heavy atom. The highest BCUT2D eigenvalue weighted by Gasteiger charge is 2.24. The molecule has 0 saturated carbocycles. The number of hydrogen-bond donors (Lipinski definition) is 2. The van der Waals surface area contributed by atoms with Crippen molar-refractivity contribution < 1.29 is 14.8 Å². The van der Waals surface area contributed by atoms with Crippen LogP contribution in [-0.4, -0.2) is 27.6 Å². The predicted molar refractivity (Wildman–Crippen MR) is 105 cm³/mol. The Balaban J connectivity index is 1.81. The van der Waals surface area contributed by atoms with E-state index in [1.165, 1.54) is 11.3 Å². The summed E-state index contributed by atoms with van der Waals surface area (Å²) in [5.41, 5.74) is 3.57. The summed E-state index contributed by atoms with van der Waals surface area (Å²) in [6.45, 7) is 1.77. The third-order valence-corrected chi connectivity index (χ3v) is 5.78. The molecule has 4 rings (SSSR count). The van der Waals surface area contributed by atoms with Crippen LogP contribution in [0.1, 0.15) is 46.8 Å². The Morgan fingerprint density at radius 1 is 1.30 bits per heavy atom. The number of nitrogens with zero attached hydrogens (tertiary/aromatic N) is 2. The highest BCUT2D eigenvalue weighted by Crippen LogP contribution is 2.37. The van der Waals surface area contributed by atoms with Crippen molar-refractivity contribution in [2.24, 2.45) is 5.16 Å². The Bertz CT molecular complexity index is 1100. The number of amides is 1. The van der Waals surface area contributed by atoms with E-state index in [2.05, 4.69) is 15.5 Å². The van der Waals surface area contributed by atoms with Crippen molar-refractivity contribution >= 4 is 43.8 Å². The maximum Gasteiger partial charge on any atom is 0.224 e. The molecule has 0 spiro atoms. The van der Waals surface area contributed by atoms with E-state index in [0.717, 1.165) is 27.6 Å². The maximum atomic E-state index is 13.3. The molecule has 27 heavy (non-hydrogen) atoms. The zero-order valence-corrected chi connectivity index (χ0v) is 15.5. The van der Waals surface area contributed by atoms with Crippen LogP contribution in [0.25, 0.3) is 10.1 Å². The normalized spacial score (nSPS) is 14.5. The summed E-state index contributed by atoms with van der Waals surface area (Å²) >= 11 is 1.35. The number of oxime groups is 1. The molecule has 0 radical (unpaired) electrons. The lowest BCUT2D eigenvalue weighted by Crippen LogP contribution is -2.12. The summed E-state index contributed by atoms with van der Waals surface area (Å²) in [7, 11) is 0. The minimum Gasteiger partial charge on any atom is -0.411 e. The molecule has 1 aliphatic carbocycles. The molecular formula is C20H17N3O3S. The van der Waals surface area contributed by atoms with Crippen molar-refractivity contribution in [3.63, 3.8) is 0 Å². The van der Waals surface area contributed by atoms with Gasteiger partial charge in [0, 0.05) is 35.3 Å². The van der Waals surface area contributed by atoms with Crippen LogP contribution in [-0.2, 0) is 11.2 Å². The fourth-order valence-electron chi connectivity index (χ4n) is 3.34. The second kappa shape index (κ2) is 6.92. The van der Waals surface area contributed by atoms with Gasteiger partial charge in [0.2, 0.25) is 5.91 Å². The van der Waals surface area contributed by atoms with E-state index in [9.17, 15) is 9.59 Å². The number of aromatic nitrogens is 1. The summed E-state index contributed by atoms with van der Waals surface area (Å²) < 4.78 is 0.850. The number of thiophene rings is 1. The summed E-state index contributed by atoms with van der Waals surface area (Å²) in [6.07, 6.45) is 5.08. The van der Waals surface area contributed by atoms with Crippen LogP contribution < -0.4 is 5.32 Å². The number of hydrogen-bond acceptors (Lipinski definition) is 6. The maximum absolute atomic E-state index is 13.3. The fraction of sp³-hybridized carbons (Fsp3) is 0.200. The highest BCUT2D eigenvalue weighted by molar-refractivity contribution is 7.23. The standard InChI is InChI=1S/C20H17N3O3S/c1-2-17(24)22-20-18(14-7-8-21-10-16(14)27-20)19(25)12-3-5-13-11(9-12)4-6-15(13)23-26/h3,5,7-10,26H,2,4,6H2,1H3,(H,22,24)/b23-15+. The number of carbonyl (C=O) groups is 2. The van der Waals surface area contributed by atoms with Crippen molar-refractivity contribution in [1.82, 2.24) is 4.98 Å². The minimum atomic E-state index is -0.143. The molecule has 2 N–H and O–H groups in total. The van der Waals surface area contributed by atoms with E-state index in [4.69, 9.17) is 5.21 Å². The van der Waals surface area contributed by atoms with E-state index in [1.807, 2.05) is 12.1 Å². The number of benzene rings is 1. The average molecular weight is 379 g/mol. The lowest BCUT2D eigenvalue weighted by molar-refractivity contribution is -0.115. The van der Waals surface area contributed by atoms with Gasteiger partial charge >= 0.3 is 0 Å². The van der Waals surface area contributed by atoms with Crippen molar-refractivity contribution in [3.05, 3.63) is 58.9 Å². The average Bonchev–Trinajstić information content (AvgIpc) is 3.27. The zero-order valence-electron chi connectivity index (χ0n) is 14.7. The third kappa shape index (κ3) is 3.00. The van der Waals surface area contributed by atoms with Crippen molar-refractivity contribution in [2.45, 2.75) is 26.2 Å². The summed E-state index contributed by atoms with van der Waals surface area (Å²) in [5.74, 6) is -0.280. The molecule has 0 fully saturated rings. The number of pyridine rings is 1. The quantitative estimate of drug-likeness (QED) is 0.407.